The first-order valence-electron chi connectivity index (χ1n) is 8.20. The minimum absolute atomic E-state index is 0. The van der Waals surface area contributed by atoms with Gasteiger partial charge in [0.2, 0.25) is 0 Å². The molecule has 2 N–H and O–H groups in total. The fourth-order valence-corrected chi connectivity index (χ4v) is 3.27. The first kappa shape index (κ1) is 19.8. The van der Waals surface area contributed by atoms with Gasteiger partial charge in [0.05, 0.1) is 0 Å². The molecule has 1 saturated heterocycles. The molecule has 25 heavy (non-hydrogen) atoms. The number of alkyl halides is 2. The van der Waals surface area contributed by atoms with Crippen molar-refractivity contribution in [3.8, 4) is 11.1 Å². The Morgan fingerprint density at radius 3 is 2.28 bits per heavy atom. The summed E-state index contributed by atoms with van der Waals surface area (Å²) in [5, 5.41) is 12.4. The lowest BCUT2D eigenvalue weighted by Gasteiger charge is -2.38. The molecular formula is C19H23ClF2N2O. The largest absolute Gasteiger partial charge is 0.390 e. The maximum Gasteiger partial charge on any atom is 0.289 e. The zero-order chi connectivity index (χ0) is 17.0. The summed E-state index contributed by atoms with van der Waals surface area (Å²) in [5.74, 6) is -3.19. The second kappa shape index (κ2) is 8.72. The number of nitrogens with zero attached hydrogens (tertiary/aromatic N) is 1. The summed E-state index contributed by atoms with van der Waals surface area (Å²) in [6, 6.07) is 15.9. The molecule has 6 heteroatoms. The van der Waals surface area contributed by atoms with Crippen molar-refractivity contribution in [2.24, 2.45) is 0 Å². The second-order valence-electron chi connectivity index (χ2n) is 6.10. The highest BCUT2D eigenvalue weighted by Crippen LogP contribution is 2.37. The molecule has 3 rings (SSSR count). The van der Waals surface area contributed by atoms with Gasteiger partial charge in [-0.25, -0.2) is 8.78 Å². The van der Waals surface area contributed by atoms with E-state index in [0.29, 0.717) is 31.7 Å². The highest BCUT2D eigenvalue weighted by Gasteiger charge is 2.44. The number of rotatable bonds is 5. The average molecular weight is 369 g/mol. The van der Waals surface area contributed by atoms with Crippen LogP contribution in [0.2, 0.25) is 0 Å². The van der Waals surface area contributed by atoms with Crippen LogP contribution in [0.3, 0.4) is 0 Å². The van der Waals surface area contributed by atoms with E-state index in [1.54, 1.807) is 17.0 Å². The SMILES string of the molecule is Cl.OCC(F)(F)[C@H](c1cccc(-c2ccccc2)c1)N1CCNCC1. The molecule has 1 fully saturated rings. The number of hydrogen-bond acceptors (Lipinski definition) is 3. The Morgan fingerprint density at radius 1 is 1.00 bits per heavy atom. The fourth-order valence-electron chi connectivity index (χ4n) is 3.27. The summed E-state index contributed by atoms with van der Waals surface area (Å²) >= 11 is 0. The zero-order valence-corrected chi connectivity index (χ0v) is 14.7. The van der Waals surface area contributed by atoms with Crippen LogP contribution in [0.4, 0.5) is 8.78 Å². The molecule has 0 aromatic heterocycles. The molecule has 2 aromatic rings. The minimum atomic E-state index is -3.19. The number of nitrogens with one attached hydrogen (secondary N) is 1. The Morgan fingerprint density at radius 2 is 1.64 bits per heavy atom. The Bertz CT molecular complexity index is 663. The van der Waals surface area contributed by atoms with Crippen molar-refractivity contribution in [3.63, 3.8) is 0 Å². The molecule has 0 amide bonds. The molecule has 0 radical (unpaired) electrons. The summed E-state index contributed by atoms with van der Waals surface area (Å²) in [5.41, 5.74) is 2.44. The molecule has 136 valence electrons. The standard InChI is InChI=1S/C19H22F2N2O.ClH/c20-19(21,14-24)18(23-11-9-22-10-12-23)17-8-4-7-16(13-17)15-5-2-1-3-6-15;/h1-8,13,18,22,24H,9-12,14H2;1H/t18-;/m0./s1. The molecule has 0 spiro atoms. The third-order valence-corrected chi connectivity index (χ3v) is 4.44. The first-order valence-corrected chi connectivity index (χ1v) is 8.20. The van der Waals surface area contributed by atoms with Gasteiger partial charge in [0.15, 0.2) is 0 Å². The number of aliphatic hydroxyl groups excluding tert-OH is 1. The van der Waals surface area contributed by atoms with Crippen LogP contribution in [-0.4, -0.2) is 48.7 Å². The predicted molar refractivity (Wildman–Crippen MR) is 98.3 cm³/mol. The lowest BCUT2D eigenvalue weighted by Crippen LogP contribution is -2.51. The molecule has 1 aliphatic rings. The van der Waals surface area contributed by atoms with Crippen molar-refractivity contribution < 1.29 is 13.9 Å². The molecule has 2 aromatic carbocycles. The molecule has 0 unspecified atom stereocenters. The third-order valence-electron chi connectivity index (χ3n) is 4.44. The molecule has 3 nitrogen and oxygen atoms in total. The van der Waals surface area contributed by atoms with Gasteiger partial charge in [-0.15, -0.1) is 12.4 Å². The van der Waals surface area contributed by atoms with Crippen LogP contribution in [0.1, 0.15) is 11.6 Å². The minimum Gasteiger partial charge on any atom is -0.390 e. The quantitative estimate of drug-likeness (QED) is 0.849. The molecule has 1 aliphatic heterocycles. The third kappa shape index (κ3) is 4.55. The number of halogens is 3. The molecule has 0 bridgehead atoms. The van der Waals surface area contributed by atoms with Gasteiger partial charge in [0.25, 0.3) is 5.92 Å². The Balaban J connectivity index is 0.00000225. The lowest BCUT2D eigenvalue weighted by molar-refractivity contribution is -0.118. The smallest absolute Gasteiger partial charge is 0.289 e. The van der Waals surface area contributed by atoms with Crippen molar-refractivity contribution >= 4 is 12.4 Å². The van der Waals surface area contributed by atoms with Crippen LogP contribution in [-0.2, 0) is 0 Å². The average Bonchev–Trinajstić information content (AvgIpc) is 2.64. The molecule has 0 aliphatic carbocycles. The summed E-state index contributed by atoms with van der Waals surface area (Å²) < 4.78 is 29.0. The van der Waals surface area contributed by atoms with Gasteiger partial charge in [-0.05, 0) is 22.8 Å². The van der Waals surface area contributed by atoms with Crippen molar-refractivity contribution in [1.82, 2.24) is 10.2 Å². The maximum atomic E-state index is 14.5. The van der Waals surface area contributed by atoms with Crippen LogP contribution >= 0.6 is 12.4 Å². The van der Waals surface area contributed by atoms with E-state index in [2.05, 4.69) is 5.32 Å². The first-order chi connectivity index (χ1) is 11.6. The fraction of sp³-hybridized carbons (Fsp3) is 0.368. The van der Waals surface area contributed by atoms with E-state index in [9.17, 15) is 13.9 Å². The number of hydrogen-bond donors (Lipinski definition) is 2. The molecule has 1 atom stereocenters. The Kier molecular flexibility index (Phi) is 6.90. The van der Waals surface area contributed by atoms with E-state index >= 15 is 0 Å². The number of aliphatic hydroxyl groups is 1. The van der Waals surface area contributed by atoms with Gasteiger partial charge < -0.3 is 10.4 Å². The van der Waals surface area contributed by atoms with Crippen LogP contribution < -0.4 is 5.32 Å². The van der Waals surface area contributed by atoms with Gasteiger partial charge in [0, 0.05) is 26.2 Å². The van der Waals surface area contributed by atoms with Crippen LogP contribution in [0.5, 0.6) is 0 Å². The van der Waals surface area contributed by atoms with Gasteiger partial charge in [-0.2, -0.15) is 0 Å². The highest BCUT2D eigenvalue weighted by atomic mass is 35.5. The lowest BCUT2D eigenvalue weighted by atomic mass is 9.94. The van der Waals surface area contributed by atoms with E-state index in [1.807, 2.05) is 42.5 Å². The van der Waals surface area contributed by atoms with Crippen molar-refractivity contribution in [2.45, 2.75) is 12.0 Å². The highest BCUT2D eigenvalue weighted by molar-refractivity contribution is 5.85. The molecule has 1 heterocycles. The molecule has 0 saturated carbocycles. The summed E-state index contributed by atoms with van der Waals surface area (Å²) in [7, 11) is 0. The van der Waals surface area contributed by atoms with E-state index in [4.69, 9.17) is 0 Å². The maximum absolute atomic E-state index is 14.5. The van der Waals surface area contributed by atoms with Gasteiger partial charge in [-0.1, -0.05) is 48.5 Å². The van der Waals surface area contributed by atoms with Crippen molar-refractivity contribution in [1.29, 1.82) is 0 Å². The molecular weight excluding hydrogens is 346 g/mol. The van der Waals surface area contributed by atoms with Gasteiger partial charge in [0.1, 0.15) is 12.6 Å². The van der Waals surface area contributed by atoms with Gasteiger partial charge >= 0.3 is 0 Å². The summed E-state index contributed by atoms with van der Waals surface area (Å²) in [6.07, 6.45) is 0. The topological polar surface area (TPSA) is 35.5 Å². The van der Waals surface area contributed by atoms with Crippen LogP contribution in [0.25, 0.3) is 11.1 Å². The Hall–Kier alpha value is -1.53. The number of benzene rings is 2. The zero-order valence-electron chi connectivity index (χ0n) is 13.9. The van der Waals surface area contributed by atoms with Crippen LogP contribution in [0, 0.1) is 0 Å². The second-order valence-corrected chi connectivity index (χ2v) is 6.10. The van der Waals surface area contributed by atoms with E-state index < -0.39 is 18.6 Å². The van der Waals surface area contributed by atoms with E-state index in [0.717, 1.165) is 11.1 Å². The van der Waals surface area contributed by atoms with Crippen LogP contribution in [0.15, 0.2) is 54.6 Å². The predicted octanol–water partition coefficient (Wildman–Crippen LogP) is 3.35. The van der Waals surface area contributed by atoms with Crippen molar-refractivity contribution in [3.05, 3.63) is 60.2 Å². The Labute approximate surface area is 153 Å². The van der Waals surface area contributed by atoms with Crippen molar-refractivity contribution in [2.75, 3.05) is 32.8 Å². The number of piperazine rings is 1. The normalized spacial score (nSPS) is 16.9. The van der Waals surface area contributed by atoms with E-state index in [1.165, 1.54) is 0 Å². The van der Waals surface area contributed by atoms with Gasteiger partial charge in [-0.3, -0.25) is 4.90 Å². The van der Waals surface area contributed by atoms with E-state index in [-0.39, 0.29) is 12.4 Å². The summed E-state index contributed by atoms with van der Waals surface area (Å²) in [6.45, 7) is 1.27. The monoisotopic (exact) mass is 368 g/mol. The summed E-state index contributed by atoms with van der Waals surface area (Å²) in [4.78, 5) is 1.76.